The van der Waals surface area contributed by atoms with E-state index < -0.39 is 12.1 Å². The van der Waals surface area contributed by atoms with E-state index in [4.69, 9.17) is 14.2 Å². The molecule has 5 nitrogen and oxygen atoms in total. The van der Waals surface area contributed by atoms with Gasteiger partial charge < -0.3 is 14.2 Å². The molecule has 0 N–H and O–H groups in total. The summed E-state index contributed by atoms with van der Waals surface area (Å²) in [5, 5.41) is 1.07. The summed E-state index contributed by atoms with van der Waals surface area (Å²) in [4.78, 5) is 25.0. The standard InChI is InChI=1S/C19H22O5S/c1-12-15-7-3-4-8-17(15)25-18(12)16(20)11-24-19(21)13(2)23-10-14-6-5-9-22-14/h3-4,7-8,13-14H,5-6,9-11H2,1-2H3. The molecular formula is C19H22O5S. The average molecular weight is 362 g/mol. The SMILES string of the molecule is Cc1c(C(=O)COC(=O)C(C)OCC2CCCO2)sc2ccccc12. The number of Topliss-reactive ketones (excluding diaryl/α,β-unsaturated/α-hetero) is 1. The fourth-order valence-corrected chi connectivity index (χ4v) is 3.99. The molecule has 1 aliphatic rings. The lowest BCUT2D eigenvalue weighted by Crippen LogP contribution is -2.28. The number of ether oxygens (including phenoxy) is 3. The highest BCUT2D eigenvalue weighted by atomic mass is 32.1. The van der Waals surface area contributed by atoms with Gasteiger partial charge in [-0.1, -0.05) is 18.2 Å². The normalized spacial score (nSPS) is 18.4. The van der Waals surface area contributed by atoms with E-state index in [0.717, 1.165) is 35.1 Å². The van der Waals surface area contributed by atoms with Crippen LogP contribution in [0.2, 0.25) is 0 Å². The Kier molecular flexibility index (Phi) is 5.83. The number of carbonyl (C=O) groups is 2. The van der Waals surface area contributed by atoms with E-state index in [1.165, 1.54) is 11.3 Å². The minimum Gasteiger partial charge on any atom is -0.455 e. The molecule has 1 fully saturated rings. The van der Waals surface area contributed by atoms with Crippen molar-refractivity contribution < 1.29 is 23.8 Å². The van der Waals surface area contributed by atoms with Crippen LogP contribution in [0.1, 0.15) is 35.0 Å². The van der Waals surface area contributed by atoms with Crippen LogP contribution in [-0.4, -0.2) is 43.8 Å². The molecule has 0 bridgehead atoms. The van der Waals surface area contributed by atoms with E-state index in [-0.39, 0.29) is 18.5 Å². The Hall–Kier alpha value is -1.76. The molecule has 1 aromatic carbocycles. The summed E-state index contributed by atoms with van der Waals surface area (Å²) < 4.78 is 17.1. The molecule has 1 aliphatic heterocycles. The van der Waals surface area contributed by atoms with Gasteiger partial charge in [0.05, 0.1) is 17.6 Å². The van der Waals surface area contributed by atoms with Crippen molar-refractivity contribution in [3.8, 4) is 0 Å². The predicted molar refractivity (Wildman–Crippen MR) is 96.2 cm³/mol. The van der Waals surface area contributed by atoms with Crippen LogP contribution in [0.25, 0.3) is 10.1 Å². The monoisotopic (exact) mass is 362 g/mol. The maximum atomic E-state index is 12.4. The van der Waals surface area contributed by atoms with Gasteiger partial charge in [-0.05, 0) is 43.7 Å². The van der Waals surface area contributed by atoms with E-state index >= 15 is 0 Å². The molecule has 0 aliphatic carbocycles. The topological polar surface area (TPSA) is 61.8 Å². The third-order valence-corrected chi connectivity index (χ3v) is 5.64. The summed E-state index contributed by atoms with van der Waals surface area (Å²) in [7, 11) is 0. The van der Waals surface area contributed by atoms with Crippen LogP contribution in [0, 0.1) is 6.92 Å². The van der Waals surface area contributed by atoms with Crippen molar-refractivity contribution in [2.24, 2.45) is 0 Å². The molecule has 1 aromatic heterocycles. The summed E-state index contributed by atoms with van der Waals surface area (Å²) in [5.74, 6) is -0.705. The molecule has 134 valence electrons. The first-order valence-corrected chi connectivity index (χ1v) is 9.29. The van der Waals surface area contributed by atoms with Gasteiger partial charge in [-0.15, -0.1) is 11.3 Å². The van der Waals surface area contributed by atoms with Gasteiger partial charge in [0.1, 0.15) is 0 Å². The number of carbonyl (C=O) groups excluding carboxylic acids is 2. The molecule has 6 heteroatoms. The van der Waals surface area contributed by atoms with Crippen molar-refractivity contribution in [1.29, 1.82) is 0 Å². The number of thiophene rings is 1. The van der Waals surface area contributed by atoms with Crippen molar-refractivity contribution in [3.05, 3.63) is 34.7 Å². The first-order chi connectivity index (χ1) is 12.1. The first kappa shape index (κ1) is 18.0. The molecule has 0 amide bonds. The molecule has 0 saturated carbocycles. The first-order valence-electron chi connectivity index (χ1n) is 8.47. The molecule has 2 heterocycles. The van der Waals surface area contributed by atoms with Gasteiger partial charge in [-0.2, -0.15) is 0 Å². The number of hydrogen-bond donors (Lipinski definition) is 0. The Labute approximate surface area is 150 Å². The molecule has 1 saturated heterocycles. The molecule has 0 spiro atoms. The fraction of sp³-hybridized carbons (Fsp3) is 0.474. The largest absolute Gasteiger partial charge is 0.455 e. The Morgan fingerprint density at radius 1 is 1.36 bits per heavy atom. The summed E-state index contributed by atoms with van der Waals surface area (Å²) in [5.41, 5.74) is 0.935. The average Bonchev–Trinajstić information content (AvgIpc) is 3.25. The highest BCUT2D eigenvalue weighted by Gasteiger charge is 2.22. The van der Waals surface area contributed by atoms with Crippen LogP contribution < -0.4 is 0 Å². The van der Waals surface area contributed by atoms with Crippen LogP contribution in [-0.2, 0) is 19.0 Å². The van der Waals surface area contributed by atoms with Gasteiger partial charge in [-0.25, -0.2) is 4.79 Å². The highest BCUT2D eigenvalue weighted by Crippen LogP contribution is 2.30. The molecule has 0 radical (unpaired) electrons. The van der Waals surface area contributed by atoms with Crippen LogP contribution in [0.4, 0.5) is 0 Å². The number of hydrogen-bond acceptors (Lipinski definition) is 6. The van der Waals surface area contributed by atoms with Gasteiger partial charge in [0.2, 0.25) is 5.78 Å². The summed E-state index contributed by atoms with van der Waals surface area (Å²) in [6.07, 6.45) is 1.32. The summed E-state index contributed by atoms with van der Waals surface area (Å²) in [6.45, 7) is 4.41. The third-order valence-electron chi connectivity index (χ3n) is 4.33. The lowest BCUT2D eigenvalue weighted by atomic mass is 10.1. The minimum atomic E-state index is -0.708. The fourth-order valence-electron chi connectivity index (χ4n) is 2.86. The summed E-state index contributed by atoms with van der Waals surface area (Å²) in [6, 6.07) is 7.87. The second-order valence-electron chi connectivity index (χ2n) is 6.19. The van der Waals surface area contributed by atoms with Gasteiger partial charge in [0, 0.05) is 11.3 Å². The van der Waals surface area contributed by atoms with E-state index in [9.17, 15) is 9.59 Å². The molecule has 3 rings (SSSR count). The van der Waals surface area contributed by atoms with Crippen LogP contribution >= 0.6 is 11.3 Å². The molecule has 2 unspecified atom stereocenters. The smallest absolute Gasteiger partial charge is 0.335 e. The predicted octanol–water partition coefficient (Wildman–Crippen LogP) is 3.52. The van der Waals surface area contributed by atoms with Gasteiger partial charge in [0.25, 0.3) is 0 Å². The number of aryl methyl sites for hydroxylation is 1. The quantitative estimate of drug-likeness (QED) is 0.557. The van der Waals surface area contributed by atoms with Crippen LogP contribution in [0.5, 0.6) is 0 Å². The van der Waals surface area contributed by atoms with E-state index in [0.29, 0.717) is 11.5 Å². The second kappa shape index (κ2) is 8.08. The van der Waals surface area contributed by atoms with Crippen molar-refractivity contribution in [1.82, 2.24) is 0 Å². The van der Waals surface area contributed by atoms with E-state index in [2.05, 4.69) is 0 Å². The van der Waals surface area contributed by atoms with Gasteiger partial charge in [-0.3, -0.25) is 4.79 Å². The van der Waals surface area contributed by atoms with Crippen molar-refractivity contribution in [2.45, 2.75) is 38.9 Å². The number of esters is 1. The maximum absolute atomic E-state index is 12.4. The zero-order chi connectivity index (χ0) is 17.8. The maximum Gasteiger partial charge on any atom is 0.335 e. The highest BCUT2D eigenvalue weighted by molar-refractivity contribution is 7.21. The Morgan fingerprint density at radius 2 is 2.16 bits per heavy atom. The van der Waals surface area contributed by atoms with Crippen molar-refractivity contribution in [2.75, 3.05) is 19.8 Å². The van der Waals surface area contributed by atoms with Crippen LogP contribution in [0.15, 0.2) is 24.3 Å². The zero-order valence-electron chi connectivity index (χ0n) is 14.4. The summed E-state index contributed by atoms with van der Waals surface area (Å²) >= 11 is 1.43. The van der Waals surface area contributed by atoms with Crippen LogP contribution in [0.3, 0.4) is 0 Å². The lowest BCUT2D eigenvalue weighted by Gasteiger charge is -2.15. The van der Waals surface area contributed by atoms with Gasteiger partial charge in [0.15, 0.2) is 12.7 Å². The number of ketones is 1. The van der Waals surface area contributed by atoms with E-state index in [1.807, 2.05) is 31.2 Å². The van der Waals surface area contributed by atoms with Crippen molar-refractivity contribution in [3.63, 3.8) is 0 Å². The Bertz CT molecular complexity index is 760. The third kappa shape index (κ3) is 4.26. The molecule has 25 heavy (non-hydrogen) atoms. The number of rotatable bonds is 7. The zero-order valence-corrected chi connectivity index (χ0v) is 15.3. The van der Waals surface area contributed by atoms with Gasteiger partial charge >= 0.3 is 5.97 Å². The number of fused-ring (bicyclic) bond motifs is 1. The molecular weight excluding hydrogens is 340 g/mol. The Balaban J connectivity index is 1.52. The minimum absolute atomic E-state index is 0.0538. The lowest BCUT2D eigenvalue weighted by molar-refractivity contribution is -0.156. The van der Waals surface area contributed by atoms with E-state index in [1.54, 1.807) is 6.92 Å². The molecule has 2 atom stereocenters. The number of benzene rings is 1. The molecule has 2 aromatic rings. The van der Waals surface area contributed by atoms with Crippen molar-refractivity contribution >= 4 is 33.2 Å². The Morgan fingerprint density at radius 3 is 2.88 bits per heavy atom. The second-order valence-corrected chi connectivity index (χ2v) is 7.25.